The van der Waals surface area contributed by atoms with Crippen LogP contribution in [0.3, 0.4) is 0 Å². The number of ether oxygens (including phenoxy) is 1. The molecule has 8 aromatic rings. The van der Waals surface area contributed by atoms with Gasteiger partial charge in [0.2, 0.25) is 0 Å². The minimum Gasteiger partial charge on any atom is -0.455 e. The Labute approximate surface area is 234 Å². The Bertz CT molecular complexity index is 2370. The molecule has 10 rings (SSSR count). The average Bonchev–Trinajstić information content (AvgIpc) is 3.56. The molecule has 0 saturated carbocycles. The maximum atomic E-state index is 6.91. The predicted molar refractivity (Wildman–Crippen MR) is 166 cm³/mol. The van der Waals surface area contributed by atoms with Gasteiger partial charge in [-0.3, -0.25) is 0 Å². The summed E-state index contributed by atoms with van der Waals surface area (Å²) in [5.74, 6) is 1.91. The van der Waals surface area contributed by atoms with Crippen LogP contribution in [0.4, 0.5) is 0 Å². The van der Waals surface area contributed by atoms with Crippen molar-refractivity contribution in [2.24, 2.45) is 0 Å². The molecule has 2 aliphatic rings. The summed E-state index contributed by atoms with van der Waals surface area (Å²) >= 11 is 1.83. The van der Waals surface area contributed by atoms with E-state index in [1.807, 2.05) is 11.3 Å². The number of hydrogen-bond donors (Lipinski definition) is 0. The second kappa shape index (κ2) is 7.20. The smallest absolute Gasteiger partial charge is 0.150 e. The Morgan fingerprint density at radius 1 is 0.525 bits per heavy atom. The number of aromatic nitrogens is 1. The number of para-hydroxylation sites is 4. The summed E-state index contributed by atoms with van der Waals surface area (Å²) in [5, 5.41) is 5.11. The molecule has 0 radical (unpaired) electrons. The normalized spacial score (nSPS) is 16.8. The predicted octanol–water partition coefficient (Wildman–Crippen LogP) is 9.95. The van der Waals surface area contributed by atoms with Crippen molar-refractivity contribution in [1.82, 2.24) is 4.57 Å². The van der Waals surface area contributed by atoms with Gasteiger partial charge in [0.15, 0.2) is 0 Å². The number of thiophene rings is 1. The maximum absolute atomic E-state index is 6.91. The molecule has 0 bridgehead atoms. The van der Waals surface area contributed by atoms with Gasteiger partial charge in [0, 0.05) is 37.4 Å². The number of nitrogens with zero attached hydrogens (tertiary/aromatic N) is 1. The van der Waals surface area contributed by atoms with Gasteiger partial charge >= 0.3 is 0 Å². The second-order valence-electron chi connectivity index (χ2n) is 10.8. The van der Waals surface area contributed by atoms with Crippen molar-refractivity contribution in [3.63, 3.8) is 0 Å². The zero-order valence-corrected chi connectivity index (χ0v) is 22.2. The Kier molecular flexibility index (Phi) is 3.79. The number of rotatable bonds is 0. The van der Waals surface area contributed by atoms with E-state index in [1.165, 1.54) is 69.9 Å². The molecule has 3 heteroatoms. The van der Waals surface area contributed by atoms with Gasteiger partial charge in [-0.15, -0.1) is 11.3 Å². The topological polar surface area (TPSA) is 14.2 Å². The van der Waals surface area contributed by atoms with Gasteiger partial charge in [-0.2, -0.15) is 0 Å². The van der Waals surface area contributed by atoms with Crippen molar-refractivity contribution in [1.29, 1.82) is 0 Å². The van der Waals surface area contributed by atoms with Crippen LogP contribution >= 0.6 is 11.3 Å². The summed E-state index contributed by atoms with van der Waals surface area (Å²) in [4.78, 5) is 0. The maximum Gasteiger partial charge on any atom is 0.150 e. The largest absolute Gasteiger partial charge is 0.455 e. The Morgan fingerprint density at radius 3 is 2.20 bits per heavy atom. The van der Waals surface area contributed by atoms with Gasteiger partial charge in [0.1, 0.15) is 11.5 Å². The summed E-state index contributed by atoms with van der Waals surface area (Å²) in [5.41, 5.74) is 8.22. The lowest BCUT2D eigenvalue weighted by Gasteiger charge is -2.45. The fourth-order valence-electron chi connectivity index (χ4n) is 7.56. The number of hydrogen-bond acceptors (Lipinski definition) is 2. The first-order valence-electron chi connectivity index (χ1n) is 13.7. The molecular formula is C37H21NOS. The molecule has 2 aliphatic heterocycles. The molecule has 2 nitrogen and oxygen atoms in total. The Hall–Kier alpha value is -4.86. The van der Waals surface area contributed by atoms with Crippen molar-refractivity contribution < 1.29 is 4.74 Å². The molecule has 1 unspecified atom stereocenters. The summed E-state index contributed by atoms with van der Waals surface area (Å²) < 4.78 is 11.9. The highest BCUT2D eigenvalue weighted by molar-refractivity contribution is 7.26. The first-order chi connectivity index (χ1) is 19.9. The van der Waals surface area contributed by atoms with Crippen LogP contribution in [0, 0.1) is 0 Å². The SMILES string of the molecule is c1ccc2c(c1)Oc1c(ccc3c1sc1ccccc13)C21c2ccccc2-n2c3ccccc3c3cccc1c32. The molecule has 4 heterocycles. The lowest BCUT2D eigenvalue weighted by molar-refractivity contribution is 0.440. The van der Waals surface area contributed by atoms with Gasteiger partial charge < -0.3 is 9.30 Å². The van der Waals surface area contributed by atoms with Gasteiger partial charge in [-0.25, -0.2) is 0 Å². The number of fused-ring (bicyclic) bond motifs is 15. The summed E-state index contributed by atoms with van der Waals surface area (Å²) in [6.45, 7) is 0. The molecule has 186 valence electrons. The number of benzene rings is 6. The van der Waals surface area contributed by atoms with E-state index in [1.54, 1.807) is 0 Å². The van der Waals surface area contributed by atoms with Crippen LogP contribution in [0.1, 0.15) is 22.3 Å². The molecule has 2 aromatic heterocycles. The van der Waals surface area contributed by atoms with Crippen LogP contribution in [-0.2, 0) is 5.41 Å². The third-order valence-corrected chi connectivity index (χ3v) is 10.2. The fourth-order valence-corrected chi connectivity index (χ4v) is 8.75. The van der Waals surface area contributed by atoms with Crippen LogP contribution in [0.15, 0.2) is 127 Å². The molecular weight excluding hydrogens is 506 g/mol. The summed E-state index contributed by atoms with van der Waals surface area (Å²) in [6.07, 6.45) is 0. The molecule has 1 atom stereocenters. The van der Waals surface area contributed by atoms with Gasteiger partial charge in [-0.05, 0) is 35.4 Å². The van der Waals surface area contributed by atoms with E-state index in [2.05, 4.69) is 132 Å². The van der Waals surface area contributed by atoms with E-state index in [0.717, 1.165) is 11.5 Å². The van der Waals surface area contributed by atoms with E-state index in [0.29, 0.717) is 0 Å². The summed E-state index contributed by atoms with van der Waals surface area (Å²) in [6, 6.07) is 46.6. The first kappa shape index (κ1) is 21.0. The minimum absolute atomic E-state index is 0.519. The van der Waals surface area contributed by atoms with E-state index >= 15 is 0 Å². The molecule has 0 saturated heterocycles. The molecule has 0 N–H and O–H groups in total. The molecule has 0 aliphatic carbocycles. The van der Waals surface area contributed by atoms with E-state index in [9.17, 15) is 0 Å². The van der Waals surface area contributed by atoms with Crippen LogP contribution < -0.4 is 4.74 Å². The van der Waals surface area contributed by atoms with E-state index in [4.69, 9.17) is 4.74 Å². The lowest BCUT2D eigenvalue weighted by atomic mass is 9.61. The highest BCUT2D eigenvalue weighted by atomic mass is 32.1. The van der Waals surface area contributed by atoms with E-state index < -0.39 is 5.41 Å². The van der Waals surface area contributed by atoms with Gasteiger partial charge in [0.25, 0.3) is 0 Å². The highest BCUT2D eigenvalue weighted by Gasteiger charge is 2.50. The lowest BCUT2D eigenvalue weighted by Crippen LogP contribution is -2.37. The Morgan fingerprint density at radius 2 is 1.25 bits per heavy atom. The zero-order chi connectivity index (χ0) is 26.0. The van der Waals surface area contributed by atoms with Crippen LogP contribution in [0.2, 0.25) is 0 Å². The van der Waals surface area contributed by atoms with E-state index in [-0.39, 0.29) is 0 Å². The van der Waals surface area contributed by atoms with Crippen LogP contribution in [-0.4, -0.2) is 4.57 Å². The minimum atomic E-state index is -0.519. The first-order valence-corrected chi connectivity index (χ1v) is 14.5. The van der Waals surface area contributed by atoms with Crippen molar-refractivity contribution >= 4 is 53.3 Å². The van der Waals surface area contributed by atoms with Gasteiger partial charge in [0.05, 0.1) is 26.8 Å². The third-order valence-electron chi connectivity index (χ3n) is 9.06. The molecule has 0 fully saturated rings. The Balaban J connectivity index is 1.47. The molecule has 0 amide bonds. The molecule has 40 heavy (non-hydrogen) atoms. The molecule has 1 spiro atoms. The van der Waals surface area contributed by atoms with Crippen molar-refractivity contribution in [2.75, 3.05) is 0 Å². The highest BCUT2D eigenvalue weighted by Crippen LogP contribution is 2.62. The molecule has 6 aromatic carbocycles. The third kappa shape index (κ3) is 2.29. The van der Waals surface area contributed by atoms with Crippen molar-refractivity contribution in [3.05, 3.63) is 150 Å². The van der Waals surface area contributed by atoms with Gasteiger partial charge in [-0.1, -0.05) is 103 Å². The van der Waals surface area contributed by atoms with Crippen molar-refractivity contribution in [2.45, 2.75) is 5.41 Å². The average molecular weight is 528 g/mol. The standard InChI is InChI=1S/C37H21NOS/c1-5-16-30-22(10-1)24-12-9-15-28-34(24)38(30)31-17-6-3-13-26(31)37(28)27-14-4-7-18-32(27)39-35-29(37)21-20-25-23-11-2-8-19-33(23)40-36(25)35/h1-21H. The quantitative estimate of drug-likeness (QED) is 0.191. The monoisotopic (exact) mass is 527 g/mol. The fraction of sp³-hybridized carbons (Fsp3) is 0.0270. The zero-order valence-electron chi connectivity index (χ0n) is 21.4. The van der Waals surface area contributed by atoms with Crippen LogP contribution in [0.25, 0.3) is 47.7 Å². The van der Waals surface area contributed by atoms with Crippen LogP contribution in [0.5, 0.6) is 11.5 Å². The second-order valence-corrected chi connectivity index (χ2v) is 11.9. The summed E-state index contributed by atoms with van der Waals surface area (Å²) in [7, 11) is 0. The van der Waals surface area contributed by atoms with Crippen molar-refractivity contribution in [3.8, 4) is 17.2 Å².